The van der Waals surface area contributed by atoms with Crippen LogP contribution in [0, 0.1) is 0 Å². The second-order valence-corrected chi connectivity index (χ2v) is 2.43. The van der Waals surface area contributed by atoms with Gasteiger partial charge in [-0.1, -0.05) is 12.7 Å². The quantitative estimate of drug-likeness (QED) is 0.644. The van der Waals surface area contributed by atoms with Crippen LogP contribution in [0.4, 0.5) is 4.79 Å². The van der Waals surface area contributed by atoms with E-state index in [4.69, 9.17) is 5.11 Å². The predicted molar refractivity (Wildman–Crippen MR) is 46.4 cm³/mol. The summed E-state index contributed by atoms with van der Waals surface area (Å²) in [5.74, 6) is -0.941. The monoisotopic (exact) mass is 187 g/mol. The molecule has 5 heteroatoms. The Morgan fingerprint density at radius 2 is 2.23 bits per heavy atom. The van der Waals surface area contributed by atoms with Gasteiger partial charge in [-0.05, 0) is 0 Å². The topological polar surface area (TPSA) is 66.8 Å². The minimum atomic E-state index is -0.941. The summed E-state index contributed by atoms with van der Waals surface area (Å²) in [5.41, 5.74) is 0. The van der Waals surface area contributed by atoms with Gasteiger partial charge < -0.3 is 14.7 Å². The highest BCUT2D eigenvalue weighted by atomic mass is 16.6. The Kier molecular flexibility index (Phi) is 5.34. The van der Waals surface area contributed by atoms with Gasteiger partial charge in [-0.25, -0.2) is 4.79 Å². The lowest BCUT2D eigenvalue weighted by molar-refractivity contribution is -0.137. The highest BCUT2D eigenvalue weighted by Crippen LogP contribution is 1.92. The molecule has 74 valence electrons. The fourth-order valence-electron chi connectivity index (χ4n) is 0.595. The maximum atomic E-state index is 11.0. The highest BCUT2D eigenvalue weighted by Gasteiger charge is 2.09. The summed E-state index contributed by atoms with van der Waals surface area (Å²) >= 11 is 0. The first-order valence-corrected chi connectivity index (χ1v) is 3.78. The average molecular weight is 187 g/mol. The molecule has 13 heavy (non-hydrogen) atoms. The smallest absolute Gasteiger partial charge is 0.409 e. The molecule has 1 N–H and O–H groups in total. The number of amides is 1. The van der Waals surface area contributed by atoms with Crippen molar-refractivity contribution in [2.75, 3.05) is 20.2 Å². The summed E-state index contributed by atoms with van der Waals surface area (Å²) < 4.78 is 4.66. The van der Waals surface area contributed by atoms with E-state index in [1.54, 1.807) is 0 Å². The van der Waals surface area contributed by atoms with Gasteiger partial charge in [0.25, 0.3) is 0 Å². The van der Waals surface area contributed by atoms with E-state index in [0.29, 0.717) is 0 Å². The minimum Gasteiger partial charge on any atom is -0.481 e. The number of carboxylic acids is 1. The van der Waals surface area contributed by atoms with Gasteiger partial charge in [0.15, 0.2) is 0 Å². The number of carboxylic acid groups (broad SMARTS) is 1. The zero-order valence-corrected chi connectivity index (χ0v) is 7.52. The third-order valence-corrected chi connectivity index (χ3v) is 1.30. The second-order valence-electron chi connectivity index (χ2n) is 2.43. The molecule has 0 saturated heterocycles. The van der Waals surface area contributed by atoms with Crippen LogP contribution in [0.15, 0.2) is 12.7 Å². The van der Waals surface area contributed by atoms with Crippen molar-refractivity contribution in [2.24, 2.45) is 0 Å². The van der Waals surface area contributed by atoms with E-state index in [1.165, 1.54) is 18.0 Å². The zero-order chi connectivity index (χ0) is 10.3. The first-order chi connectivity index (χ1) is 6.07. The molecular weight excluding hydrogens is 174 g/mol. The van der Waals surface area contributed by atoms with Crippen molar-refractivity contribution in [3.63, 3.8) is 0 Å². The van der Waals surface area contributed by atoms with Gasteiger partial charge in [-0.2, -0.15) is 0 Å². The predicted octanol–water partition coefficient (Wildman–Crippen LogP) is 0.716. The second kappa shape index (κ2) is 6.05. The molecule has 0 atom stereocenters. The first-order valence-electron chi connectivity index (χ1n) is 3.78. The van der Waals surface area contributed by atoms with Gasteiger partial charge >= 0.3 is 12.1 Å². The zero-order valence-electron chi connectivity index (χ0n) is 7.52. The molecule has 0 fully saturated rings. The van der Waals surface area contributed by atoms with Gasteiger partial charge in [0, 0.05) is 13.6 Å². The number of nitrogens with zero attached hydrogens (tertiary/aromatic N) is 1. The average Bonchev–Trinajstić information content (AvgIpc) is 2.10. The Morgan fingerprint density at radius 3 is 2.69 bits per heavy atom. The van der Waals surface area contributed by atoms with Crippen LogP contribution in [-0.2, 0) is 9.53 Å². The van der Waals surface area contributed by atoms with E-state index in [2.05, 4.69) is 11.3 Å². The summed E-state index contributed by atoms with van der Waals surface area (Å²) in [6.45, 7) is 3.66. The van der Waals surface area contributed by atoms with Crippen molar-refractivity contribution in [1.29, 1.82) is 0 Å². The van der Waals surface area contributed by atoms with Crippen LogP contribution in [0.1, 0.15) is 6.42 Å². The Balaban J connectivity index is 3.68. The Hall–Kier alpha value is -1.52. The molecule has 0 aromatic rings. The maximum absolute atomic E-state index is 11.0. The van der Waals surface area contributed by atoms with Crippen LogP contribution in [0.2, 0.25) is 0 Å². The summed E-state index contributed by atoms with van der Waals surface area (Å²) in [4.78, 5) is 22.3. The van der Waals surface area contributed by atoms with E-state index in [-0.39, 0.29) is 19.6 Å². The molecule has 0 aliphatic rings. The van der Waals surface area contributed by atoms with E-state index < -0.39 is 12.1 Å². The van der Waals surface area contributed by atoms with Gasteiger partial charge in [-0.3, -0.25) is 4.79 Å². The van der Waals surface area contributed by atoms with Crippen molar-refractivity contribution >= 4 is 12.1 Å². The number of carbonyl (C=O) groups is 2. The lowest BCUT2D eigenvalue weighted by Gasteiger charge is -2.14. The number of hydrogen-bond donors (Lipinski definition) is 1. The summed E-state index contributed by atoms with van der Waals surface area (Å²) in [6.07, 6.45) is 0.823. The first kappa shape index (κ1) is 11.5. The molecule has 1 amide bonds. The molecule has 0 heterocycles. The van der Waals surface area contributed by atoms with Crippen LogP contribution in [0.3, 0.4) is 0 Å². The summed E-state index contributed by atoms with van der Waals surface area (Å²) in [6, 6.07) is 0. The van der Waals surface area contributed by atoms with E-state index >= 15 is 0 Å². The Bertz CT molecular complexity index is 202. The fraction of sp³-hybridized carbons (Fsp3) is 0.500. The summed E-state index contributed by atoms with van der Waals surface area (Å²) in [7, 11) is 1.48. The van der Waals surface area contributed by atoms with Crippen LogP contribution in [0.25, 0.3) is 0 Å². The molecule has 0 saturated carbocycles. The molecule has 0 aliphatic carbocycles. The lowest BCUT2D eigenvalue weighted by atomic mass is 10.4. The van der Waals surface area contributed by atoms with Crippen molar-refractivity contribution < 1.29 is 19.4 Å². The maximum Gasteiger partial charge on any atom is 0.409 e. The van der Waals surface area contributed by atoms with Crippen LogP contribution in [0.5, 0.6) is 0 Å². The summed E-state index contributed by atoms with van der Waals surface area (Å²) in [5, 5.41) is 8.33. The number of ether oxygens (including phenoxy) is 1. The van der Waals surface area contributed by atoms with Crippen molar-refractivity contribution in [3.8, 4) is 0 Å². The molecule has 0 bridgehead atoms. The molecule has 0 radical (unpaired) electrons. The molecule has 5 nitrogen and oxygen atoms in total. The highest BCUT2D eigenvalue weighted by molar-refractivity contribution is 5.70. The molecule has 0 aliphatic heterocycles. The van der Waals surface area contributed by atoms with Gasteiger partial charge in [-0.15, -0.1) is 0 Å². The largest absolute Gasteiger partial charge is 0.481 e. The normalized spacial score (nSPS) is 9.00. The number of carbonyl (C=O) groups excluding carboxylic acids is 1. The Labute approximate surface area is 76.6 Å². The standard InChI is InChI=1S/C8H13NO4/c1-3-6-13-8(12)9(2)5-4-7(10)11/h3H,1,4-6H2,2H3,(H,10,11). The van der Waals surface area contributed by atoms with E-state index in [1.807, 2.05) is 0 Å². The van der Waals surface area contributed by atoms with Crippen LogP contribution in [-0.4, -0.2) is 42.3 Å². The molecule has 0 aromatic heterocycles. The van der Waals surface area contributed by atoms with Gasteiger partial charge in [0.05, 0.1) is 6.42 Å². The minimum absolute atomic E-state index is 0.0836. The number of rotatable bonds is 5. The third-order valence-electron chi connectivity index (χ3n) is 1.30. The Morgan fingerprint density at radius 1 is 1.62 bits per heavy atom. The molecule has 0 aromatic carbocycles. The van der Waals surface area contributed by atoms with E-state index in [0.717, 1.165) is 0 Å². The van der Waals surface area contributed by atoms with Gasteiger partial charge in [0.1, 0.15) is 6.61 Å². The van der Waals surface area contributed by atoms with Crippen molar-refractivity contribution in [3.05, 3.63) is 12.7 Å². The van der Waals surface area contributed by atoms with Crippen molar-refractivity contribution in [1.82, 2.24) is 4.90 Å². The van der Waals surface area contributed by atoms with E-state index in [9.17, 15) is 9.59 Å². The number of aliphatic carboxylic acids is 1. The SMILES string of the molecule is C=CCOC(=O)N(C)CCC(=O)O. The molecular formula is C8H13NO4. The van der Waals surface area contributed by atoms with Crippen molar-refractivity contribution in [2.45, 2.75) is 6.42 Å². The molecule has 0 unspecified atom stereocenters. The lowest BCUT2D eigenvalue weighted by Crippen LogP contribution is -2.29. The third kappa shape index (κ3) is 5.72. The van der Waals surface area contributed by atoms with Gasteiger partial charge in [0.2, 0.25) is 0 Å². The fourth-order valence-corrected chi connectivity index (χ4v) is 0.595. The number of hydrogen-bond acceptors (Lipinski definition) is 3. The molecule has 0 spiro atoms. The molecule has 0 rings (SSSR count). The van der Waals surface area contributed by atoms with Crippen LogP contribution >= 0.6 is 0 Å². The van der Waals surface area contributed by atoms with Crippen LogP contribution < -0.4 is 0 Å².